The van der Waals surface area contributed by atoms with Gasteiger partial charge in [0.05, 0.1) is 0 Å². The lowest BCUT2D eigenvalue weighted by molar-refractivity contribution is 0.969. The Morgan fingerprint density at radius 1 is 1.50 bits per heavy atom. The van der Waals surface area contributed by atoms with Crippen LogP contribution >= 0.6 is 39.3 Å². The van der Waals surface area contributed by atoms with Crippen molar-refractivity contribution in [2.24, 2.45) is 0 Å². The molecule has 0 unspecified atom stereocenters. The van der Waals surface area contributed by atoms with Gasteiger partial charge in [0.2, 0.25) is 5.16 Å². The van der Waals surface area contributed by atoms with Gasteiger partial charge in [-0.25, -0.2) is 4.98 Å². The van der Waals surface area contributed by atoms with Crippen molar-refractivity contribution in [3.63, 3.8) is 0 Å². The Balaban J connectivity index is 2.04. The molecule has 0 aliphatic heterocycles. The maximum Gasteiger partial charge on any atom is 0.208 e. The zero-order valence-electron chi connectivity index (χ0n) is 8.50. The maximum absolute atomic E-state index is 6.11. The highest BCUT2D eigenvalue weighted by molar-refractivity contribution is 9.10. The summed E-state index contributed by atoms with van der Waals surface area (Å²) in [6, 6.07) is 5.87. The van der Waals surface area contributed by atoms with Gasteiger partial charge in [0.15, 0.2) is 0 Å². The zero-order chi connectivity index (χ0) is 11.5. The molecule has 0 bridgehead atoms. The summed E-state index contributed by atoms with van der Waals surface area (Å²) in [5, 5.41) is 8.36. The minimum atomic E-state index is 0.747. The van der Waals surface area contributed by atoms with Crippen LogP contribution in [0.5, 0.6) is 0 Å². The first kappa shape index (κ1) is 12.0. The summed E-state index contributed by atoms with van der Waals surface area (Å²) < 4.78 is 0.986. The Hall–Kier alpha value is -0.520. The Bertz CT molecular complexity index is 501. The van der Waals surface area contributed by atoms with E-state index in [4.69, 9.17) is 11.6 Å². The fourth-order valence-corrected chi connectivity index (χ4v) is 2.84. The van der Waals surface area contributed by atoms with Gasteiger partial charge in [-0.3, -0.25) is 5.10 Å². The fourth-order valence-electron chi connectivity index (χ4n) is 1.17. The Kier molecular flexibility index (Phi) is 3.89. The van der Waals surface area contributed by atoms with Crippen LogP contribution in [0.15, 0.2) is 27.8 Å². The molecule has 0 saturated heterocycles. The van der Waals surface area contributed by atoms with Gasteiger partial charge in [0.1, 0.15) is 5.82 Å². The number of hydrogen-bond acceptors (Lipinski definition) is 3. The third-order valence-electron chi connectivity index (χ3n) is 1.95. The zero-order valence-corrected chi connectivity index (χ0v) is 11.7. The van der Waals surface area contributed by atoms with Crippen molar-refractivity contribution in [2.45, 2.75) is 17.8 Å². The van der Waals surface area contributed by atoms with Crippen LogP contribution in [-0.2, 0) is 5.75 Å². The molecular formula is C10H9BrClN3S. The predicted octanol–water partition coefficient (Wildman–Crippen LogP) is 3.82. The van der Waals surface area contributed by atoms with Crippen LogP contribution in [0.2, 0.25) is 5.02 Å². The van der Waals surface area contributed by atoms with Crippen LogP contribution in [-0.4, -0.2) is 15.2 Å². The Labute approximate surface area is 111 Å². The molecule has 6 heteroatoms. The fraction of sp³-hybridized carbons (Fsp3) is 0.200. The van der Waals surface area contributed by atoms with Gasteiger partial charge in [0.25, 0.3) is 0 Å². The molecule has 1 N–H and O–H groups in total. The quantitative estimate of drug-likeness (QED) is 0.875. The van der Waals surface area contributed by atoms with Crippen molar-refractivity contribution in [2.75, 3.05) is 0 Å². The Morgan fingerprint density at radius 3 is 2.94 bits per heavy atom. The molecule has 3 nitrogen and oxygen atoms in total. The van der Waals surface area contributed by atoms with Crippen molar-refractivity contribution in [3.8, 4) is 0 Å². The molecule has 1 aromatic carbocycles. The first-order valence-electron chi connectivity index (χ1n) is 4.61. The largest absolute Gasteiger partial charge is 0.262 e. The number of halogens is 2. The average molecular weight is 319 g/mol. The van der Waals surface area contributed by atoms with E-state index in [1.165, 1.54) is 0 Å². The number of rotatable bonds is 3. The number of aromatic amines is 1. The van der Waals surface area contributed by atoms with E-state index in [2.05, 4.69) is 31.1 Å². The molecule has 0 fully saturated rings. The van der Waals surface area contributed by atoms with Gasteiger partial charge in [-0.1, -0.05) is 45.4 Å². The van der Waals surface area contributed by atoms with Crippen molar-refractivity contribution in [1.82, 2.24) is 15.2 Å². The topological polar surface area (TPSA) is 41.6 Å². The molecule has 0 amide bonds. The van der Waals surface area contributed by atoms with Gasteiger partial charge in [-0.15, -0.1) is 5.10 Å². The molecule has 0 radical (unpaired) electrons. The third-order valence-corrected chi connectivity index (χ3v) is 3.69. The first-order chi connectivity index (χ1) is 7.65. The van der Waals surface area contributed by atoms with Gasteiger partial charge in [-0.05, 0) is 24.6 Å². The van der Waals surface area contributed by atoms with Crippen LogP contribution in [0.25, 0.3) is 0 Å². The SMILES string of the molecule is Cc1nc(SCc2ccc(Br)cc2Cl)n[nH]1. The number of aromatic nitrogens is 3. The minimum Gasteiger partial charge on any atom is -0.262 e. The monoisotopic (exact) mass is 317 g/mol. The molecule has 0 aliphatic carbocycles. The lowest BCUT2D eigenvalue weighted by Crippen LogP contribution is -1.84. The van der Waals surface area contributed by atoms with Crippen LogP contribution in [0.4, 0.5) is 0 Å². The molecule has 0 atom stereocenters. The van der Waals surface area contributed by atoms with E-state index < -0.39 is 0 Å². The molecule has 2 rings (SSSR count). The van der Waals surface area contributed by atoms with Crippen molar-refractivity contribution in [3.05, 3.63) is 39.1 Å². The molecule has 16 heavy (non-hydrogen) atoms. The number of H-pyrrole nitrogens is 1. The number of benzene rings is 1. The normalized spacial score (nSPS) is 10.7. The highest BCUT2D eigenvalue weighted by Gasteiger charge is 2.05. The van der Waals surface area contributed by atoms with Gasteiger partial charge in [0, 0.05) is 15.2 Å². The number of hydrogen-bond donors (Lipinski definition) is 1. The molecule has 1 aromatic heterocycles. The summed E-state index contributed by atoms with van der Waals surface area (Å²) in [4.78, 5) is 4.22. The number of nitrogens with zero attached hydrogens (tertiary/aromatic N) is 2. The molecule has 0 saturated carbocycles. The van der Waals surface area contributed by atoms with Crippen LogP contribution in [0.1, 0.15) is 11.4 Å². The summed E-state index contributed by atoms with van der Waals surface area (Å²) >= 11 is 11.0. The van der Waals surface area contributed by atoms with E-state index in [1.54, 1.807) is 11.8 Å². The smallest absolute Gasteiger partial charge is 0.208 e. The number of thioether (sulfide) groups is 1. The summed E-state index contributed by atoms with van der Waals surface area (Å²) in [7, 11) is 0. The lowest BCUT2D eigenvalue weighted by Gasteiger charge is -2.02. The Morgan fingerprint density at radius 2 is 2.31 bits per heavy atom. The number of nitrogens with one attached hydrogen (secondary N) is 1. The molecule has 1 heterocycles. The molecule has 0 spiro atoms. The second-order valence-corrected chi connectivity index (χ2v) is 5.49. The summed E-state index contributed by atoms with van der Waals surface area (Å²) in [6.45, 7) is 1.88. The van der Waals surface area contributed by atoms with Gasteiger partial charge < -0.3 is 0 Å². The minimum absolute atomic E-state index is 0.747. The first-order valence-corrected chi connectivity index (χ1v) is 6.76. The van der Waals surface area contributed by atoms with Crippen LogP contribution in [0, 0.1) is 6.92 Å². The van der Waals surface area contributed by atoms with Gasteiger partial charge >= 0.3 is 0 Å². The molecule has 2 aromatic rings. The van der Waals surface area contributed by atoms with E-state index in [-0.39, 0.29) is 0 Å². The second kappa shape index (κ2) is 5.21. The van der Waals surface area contributed by atoms with Crippen molar-refractivity contribution < 1.29 is 0 Å². The summed E-state index contributed by atoms with van der Waals surface area (Å²) in [5.41, 5.74) is 1.08. The number of aryl methyl sites for hydroxylation is 1. The van der Waals surface area contributed by atoms with E-state index in [0.29, 0.717) is 0 Å². The molecule has 84 valence electrons. The highest BCUT2D eigenvalue weighted by atomic mass is 79.9. The van der Waals surface area contributed by atoms with Crippen LogP contribution < -0.4 is 0 Å². The summed E-state index contributed by atoms with van der Waals surface area (Å²) in [6.07, 6.45) is 0. The van der Waals surface area contributed by atoms with E-state index in [0.717, 1.165) is 31.8 Å². The molecule has 0 aliphatic rings. The third kappa shape index (κ3) is 2.99. The maximum atomic E-state index is 6.11. The molecular weight excluding hydrogens is 310 g/mol. The van der Waals surface area contributed by atoms with Gasteiger partial charge in [-0.2, -0.15) is 0 Å². The van der Waals surface area contributed by atoms with Crippen molar-refractivity contribution in [1.29, 1.82) is 0 Å². The lowest BCUT2D eigenvalue weighted by atomic mass is 10.2. The van der Waals surface area contributed by atoms with Crippen LogP contribution in [0.3, 0.4) is 0 Å². The van der Waals surface area contributed by atoms with Crippen molar-refractivity contribution >= 4 is 39.3 Å². The predicted molar refractivity (Wildman–Crippen MR) is 69.8 cm³/mol. The van der Waals surface area contributed by atoms with E-state index >= 15 is 0 Å². The highest BCUT2D eigenvalue weighted by Crippen LogP contribution is 2.26. The standard InChI is InChI=1S/C10H9BrClN3S/c1-6-13-10(15-14-6)16-5-7-2-3-8(11)4-9(7)12/h2-4H,5H2,1H3,(H,13,14,15). The average Bonchev–Trinajstić information content (AvgIpc) is 2.63. The van der Waals surface area contributed by atoms with E-state index in [9.17, 15) is 0 Å². The summed E-state index contributed by atoms with van der Waals surface area (Å²) in [5.74, 6) is 1.59. The van der Waals surface area contributed by atoms with E-state index in [1.807, 2.05) is 25.1 Å². The second-order valence-electron chi connectivity index (χ2n) is 3.23.